The van der Waals surface area contributed by atoms with Crippen LogP contribution in [0.5, 0.6) is 5.75 Å². The first-order valence-corrected chi connectivity index (χ1v) is 8.76. The third-order valence-corrected chi connectivity index (χ3v) is 4.53. The molecule has 0 aliphatic heterocycles. The lowest BCUT2D eigenvalue weighted by Gasteiger charge is -2.08. The summed E-state index contributed by atoms with van der Waals surface area (Å²) >= 11 is 6.03. The van der Waals surface area contributed by atoms with Crippen LogP contribution in [0.3, 0.4) is 0 Å². The molecular weight excluding hydrogens is 380 g/mol. The van der Waals surface area contributed by atoms with Crippen molar-refractivity contribution in [2.75, 3.05) is 11.9 Å². The van der Waals surface area contributed by atoms with Gasteiger partial charge in [0.1, 0.15) is 11.4 Å². The van der Waals surface area contributed by atoms with Crippen molar-refractivity contribution in [1.29, 1.82) is 5.26 Å². The predicted molar refractivity (Wildman–Crippen MR) is 106 cm³/mol. The Hall–Kier alpha value is -3.50. The Balaban J connectivity index is 1.76. The second-order valence-corrected chi connectivity index (χ2v) is 6.44. The van der Waals surface area contributed by atoms with Crippen LogP contribution >= 0.6 is 11.6 Å². The van der Waals surface area contributed by atoms with E-state index in [1.807, 2.05) is 36.4 Å². The van der Waals surface area contributed by atoms with Gasteiger partial charge in [0.05, 0.1) is 28.0 Å². The van der Waals surface area contributed by atoms with Crippen LogP contribution in [0.4, 0.5) is 5.69 Å². The summed E-state index contributed by atoms with van der Waals surface area (Å²) in [4.78, 5) is 25.1. The van der Waals surface area contributed by atoms with Crippen LogP contribution in [-0.4, -0.2) is 21.9 Å². The van der Waals surface area contributed by atoms with E-state index in [1.165, 1.54) is 16.8 Å². The summed E-state index contributed by atoms with van der Waals surface area (Å²) in [6.07, 6.45) is 0. The van der Waals surface area contributed by atoms with E-state index in [0.717, 1.165) is 0 Å². The summed E-state index contributed by atoms with van der Waals surface area (Å²) in [6.45, 7) is 1.42. The molecule has 0 aliphatic carbocycles. The quantitative estimate of drug-likeness (QED) is 0.717. The molecule has 0 bridgehead atoms. The molecule has 0 atom stereocenters. The van der Waals surface area contributed by atoms with Gasteiger partial charge in [-0.2, -0.15) is 5.26 Å². The molecule has 1 heterocycles. The van der Waals surface area contributed by atoms with Crippen molar-refractivity contribution in [3.05, 3.63) is 75.2 Å². The van der Waals surface area contributed by atoms with Crippen molar-refractivity contribution in [2.45, 2.75) is 6.92 Å². The van der Waals surface area contributed by atoms with Gasteiger partial charge in [-0.25, -0.2) is 4.68 Å². The second-order valence-electron chi connectivity index (χ2n) is 6.03. The van der Waals surface area contributed by atoms with Crippen molar-refractivity contribution in [3.63, 3.8) is 0 Å². The molecule has 2 aromatic carbocycles. The molecule has 7 nitrogen and oxygen atoms in total. The highest BCUT2D eigenvalue weighted by Gasteiger charge is 2.18. The standard InChI is InChI=1S/C20H17ClN4O3/c1-13-19(20(27)25(24(13)2)15-6-4-3-5-7-15)23-18(26)12-28-17-9-8-14(11-22)10-16(17)21/h3-10H,12H2,1-2H3,(H,23,26). The minimum Gasteiger partial charge on any atom is -0.482 e. The van der Waals surface area contributed by atoms with Crippen molar-refractivity contribution in [1.82, 2.24) is 9.36 Å². The van der Waals surface area contributed by atoms with Crippen LogP contribution in [0.1, 0.15) is 11.3 Å². The van der Waals surface area contributed by atoms with Crippen molar-refractivity contribution >= 4 is 23.2 Å². The topological polar surface area (TPSA) is 89.1 Å². The van der Waals surface area contributed by atoms with Gasteiger partial charge in [-0.1, -0.05) is 29.8 Å². The lowest BCUT2D eigenvalue weighted by atomic mass is 10.2. The van der Waals surface area contributed by atoms with E-state index < -0.39 is 5.91 Å². The van der Waals surface area contributed by atoms with Gasteiger partial charge in [0, 0.05) is 7.05 Å². The van der Waals surface area contributed by atoms with Gasteiger partial charge in [0.15, 0.2) is 6.61 Å². The van der Waals surface area contributed by atoms with Crippen LogP contribution in [0, 0.1) is 18.3 Å². The number of aromatic nitrogens is 2. The van der Waals surface area contributed by atoms with E-state index in [2.05, 4.69) is 5.32 Å². The Kier molecular flexibility index (Phi) is 5.52. The zero-order chi connectivity index (χ0) is 20.3. The molecule has 0 radical (unpaired) electrons. The Labute approximate surface area is 166 Å². The first-order valence-electron chi connectivity index (χ1n) is 8.38. The maximum atomic E-state index is 12.8. The molecule has 3 aromatic rings. The van der Waals surface area contributed by atoms with Crippen LogP contribution in [-0.2, 0) is 11.8 Å². The summed E-state index contributed by atoms with van der Waals surface area (Å²) in [5.74, 6) is -0.214. The molecule has 28 heavy (non-hydrogen) atoms. The Morgan fingerprint density at radius 3 is 2.61 bits per heavy atom. The number of hydrogen-bond acceptors (Lipinski definition) is 4. The van der Waals surface area contributed by atoms with E-state index >= 15 is 0 Å². The molecule has 8 heteroatoms. The average molecular weight is 397 g/mol. The first-order chi connectivity index (χ1) is 13.4. The summed E-state index contributed by atoms with van der Waals surface area (Å²) in [7, 11) is 1.74. The number of rotatable bonds is 5. The summed E-state index contributed by atoms with van der Waals surface area (Å²) in [5, 5.41) is 11.7. The molecule has 1 aromatic heterocycles. The summed E-state index contributed by atoms with van der Waals surface area (Å²) in [5.41, 5.74) is 1.54. The summed E-state index contributed by atoms with van der Waals surface area (Å²) in [6, 6.07) is 15.6. The fourth-order valence-electron chi connectivity index (χ4n) is 2.72. The monoisotopic (exact) mass is 396 g/mol. The minimum atomic E-state index is -0.494. The van der Waals surface area contributed by atoms with Gasteiger partial charge in [-0.05, 0) is 37.3 Å². The zero-order valence-electron chi connectivity index (χ0n) is 15.3. The Bertz CT molecular complexity index is 1130. The van der Waals surface area contributed by atoms with Gasteiger partial charge < -0.3 is 10.1 Å². The lowest BCUT2D eigenvalue weighted by Crippen LogP contribution is -2.25. The van der Waals surface area contributed by atoms with Gasteiger partial charge >= 0.3 is 0 Å². The largest absolute Gasteiger partial charge is 0.482 e. The Morgan fingerprint density at radius 1 is 1.25 bits per heavy atom. The number of nitriles is 1. The highest BCUT2D eigenvalue weighted by atomic mass is 35.5. The maximum Gasteiger partial charge on any atom is 0.295 e. The molecule has 0 aliphatic rings. The number of nitrogens with zero attached hydrogens (tertiary/aromatic N) is 3. The van der Waals surface area contributed by atoms with E-state index in [-0.39, 0.29) is 28.6 Å². The van der Waals surface area contributed by atoms with Gasteiger partial charge in [-0.15, -0.1) is 0 Å². The molecule has 0 saturated carbocycles. The van der Waals surface area contributed by atoms with Crippen LogP contribution < -0.4 is 15.6 Å². The van der Waals surface area contributed by atoms with Gasteiger partial charge in [0.25, 0.3) is 11.5 Å². The van der Waals surface area contributed by atoms with E-state index in [4.69, 9.17) is 21.6 Å². The number of benzene rings is 2. The number of amides is 1. The molecule has 1 N–H and O–H groups in total. The third kappa shape index (κ3) is 3.77. The predicted octanol–water partition coefficient (Wildman–Crippen LogP) is 3.03. The molecule has 142 valence electrons. The first kappa shape index (κ1) is 19.3. The smallest absolute Gasteiger partial charge is 0.295 e. The van der Waals surface area contributed by atoms with Gasteiger partial charge in [-0.3, -0.25) is 14.3 Å². The van der Waals surface area contributed by atoms with E-state index in [1.54, 1.807) is 24.7 Å². The van der Waals surface area contributed by atoms with Crippen LogP contribution in [0.25, 0.3) is 5.69 Å². The number of carbonyl (C=O) groups is 1. The number of nitrogens with one attached hydrogen (secondary N) is 1. The number of para-hydroxylation sites is 1. The fraction of sp³-hybridized carbons (Fsp3) is 0.150. The molecule has 0 saturated heterocycles. The van der Waals surface area contributed by atoms with Crippen molar-refractivity contribution in [2.24, 2.45) is 7.05 Å². The highest BCUT2D eigenvalue weighted by Crippen LogP contribution is 2.25. The van der Waals surface area contributed by atoms with Crippen molar-refractivity contribution < 1.29 is 9.53 Å². The van der Waals surface area contributed by atoms with Crippen LogP contribution in [0.2, 0.25) is 5.02 Å². The normalized spacial score (nSPS) is 10.4. The second kappa shape index (κ2) is 8.03. The molecule has 0 fully saturated rings. The van der Waals surface area contributed by atoms with Crippen LogP contribution in [0.15, 0.2) is 53.3 Å². The number of hydrogen-bond donors (Lipinski definition) is 1. The SMILES string of the molecule is Cc1c(NC(=O)COc2ccc(C#N)cc2Cl)c(=O)n(-c2ccccc2)n1C. The average Bonchev–Trinajstić information content (AvgIpc) is 2.91. The molecule has 1 amide bonds. The highest BCUT2D eigenvalue weighted by molar-refractivity contribution is 6.32. The fourth-order valence-corrected chi connectivity index (χ4v) is 2.95. The van der Waals surface area contributed by atoms with Gasteiger partial charge in [0.2, 0.25) is 0 Å². The molecule has 0 unspecified atom stereocenters. The van der Waals surface area contributed by atoms with E-state index in [0.29, 0.717) is 16.9 Å². The number of halogens is 1. The lowest BCUT2D eigenvalue weighted by molar-refractivity contribution is -0.118. The number of ether oxygens (including phenoxy) is 1. The minimum absolute atomic E-state index is 0.186. The molecule has 3 rings (SSSR count). The number of carbonyl (C=O) groups excluding carboxylic acids is 1. The van der Waals surface area contributed by atoms with E-state index in [9.17, 15) is 9.59 Å². The molecular formula is C20H17ClN4O3. The summed E-state index contributed by atoms with van der Waals surface area (Å²) < 4.78 is 8.55. The zero-order valence-corrected chi connectivity index (χ0v) is 16.0. The Morgan fingerprint density at radius 2 is 1.96 bits per heavy atom. The number of anilines is 1. The third-order valence-electron chi connectivity index (χ3n) is 4.24. The molecule has 0 spiro atoms. The van der Waals surface area contributed by atoms with Crippen molar-refractivity contribution in [3.8, 4) is 17.5 Å². The maximum absolute atomic E-state index is 12.8.